The van der Waals surface area contributed by atoms with Crippen molar-refractivity contribution in [3.63, 3.8) is 0 Å². The minimum absolute atomic E-state index is 0.457. The number of allylic oxidation sites excluding steroid dienone is 5. The maximum atomic E-state index is 10.1. The van der Waals surface area contributed by atoms with Gasteiger partial charge in [-0.1, -0.05) is 97.1 Å². The summed E-state index contributed by atoms with van der Waals surface area (Å²) >= 11 is 0. The molecule has 1 aliphatic rings. The first-order valence-corrected chi connectivity index (χ1v) is 17.2. The third kappa shape index (κ3) is 5.41. The van der Waals surface area contributed by atoms with Crippen molar-refractivity contribution in [1.29, 1.82) is 15.8 Å². The molecule has 2 aromatic heterocycles. The van der Waals surface area contributed by atoms with Crippen LogP contribution >= 0.6 is 0 Å². The number of hydrogen-bond donors (Lipinski definition) is 0. The van der Waals surface area contributed by atoms with E-state index in [9.17, 15) is 15.8 Å². The lowest BCUT2D eigenvalue weighted by Crippen LogP contribution is -2.05. The minimum Gasteiger partial charge on any atom is -0.312 e. The molecule has 0 bridgehead atoms. The highest BCUT2D eigenvalue weighted by Crippen LogP contribution is 2.38. The summed E-state index contributed by atoms with van der Waals surface area (Å²) in [5.74, 6) is -0.457. The van der Waals surface area contributed by atoms with Crippen molar-refractivity contribution in [3.05, 3.63) is 161 Å². The SMILES string of the molecule is C[C@H](C#N)/C(=C\C=C/Cc1cccc(-c2ccccc2-n2c3c(c4ccccc42)C=CCC3)c1)n1c2ccc(C#N)cc2c2cccc(C#N)c21. The second-order valence-corrected chi connectivity index (χ2v) is 12.9. The number of nitriles is 3. The highest BCUT2D eigenvalue weighted by Gasteiger charge is 2.21. The van der Waals surface area contributed by atoms with E-state index < -0.39 is 5.92 Å². The van der Waals surface area contributed by atoms with E-state index in [0.29, 0.717) is 17.5 Å². The maximum Gasteiger partial charge on any atom is 0.101 e. The molecule has 0 saturated carbocycles. The minimum atomic E-state index is -0.457. The van der Waals surface area contributed by atoms with Crippen molar-refractivity contribution in [1.82, 2.24) is 9.13 Å². The van der Waals surface area contributed by atoms with Crippen LogP contribution in [0.25, 0.3) is 61.3 Å². The zero-order valence-corrected chi connectivity index (χ0v) is 28.2. The highest BCUT2D eigenvalue weighted by molar-refractivity contribution is 6.12. The molecule has 0 saturated heterocycles. The van der Waals surface area contributed by atoms with Gasteiger partial charge >= 0.3 is 0 Å². The number of para-hydroxylation sites is 3. The predicted molar refractivity (Wildman–Crippen MR) is 207 cm³/mol. The van der Waals surface area contributed by atoms with Gasteiger partial charge in [-0.05, 0) is 79.8 Å². The van der Waals surface area contributed by atoms with Gasteiger partial charge < -0.3 is 9.13 Å². The molecule has 51 heavy (non-hydrogen) atoms. The van der Waals surface area contributed by atoms with Crippen molar-refractivity contribution >= 4 is 44.5 Å². The van der Waals surface area contributed by atoms with Gasteiger partial charge in [0.05, 0.1) is 51.4 Å². The molecule has 0 radical (unpaired) electrons. The van der Waals surface area contributed by atoms with Gasteiger partial charge in [-0.2, -0.15) is 15.8 Å². The topological polar surface area (TPSA) is 81.2 Å². The van der Waals surface area contributed by atoms with E-state index in [-0.39, 0.29) is 0 Å². The number of rotatable bonds is 7. The normalized spacial score (nSPS) is 13.3. The van der Waals surface area contributed by atoms with Crippen molar-refractivity contribution in [3.8, 4) is 35.0 Å². The first-order chi connectivity index (χ1) is 25.1. The molecule has 1 atom stereocenters. The van der Waals surface area contributed by atoms with Crippen LogP contribution in [0.3, 0.4) is 0 Å². The highest BCUT2D eigenvalue weighted by atomic mass is 15.0. The third-order valence-corrected chi connectivity index (χ3v) is 9.92. The Bertz CT molecular complexity index is 2730. The average molecular weight is 656 g/mol. The fourth-order valence-electron chi connectivity index (χ4n) is 7.57. The quantitative estimate of drug-likeness (QED) is 0.160. The van der Waals surface area contributed by atoms with Crippen LogP contribution in [0.4, 0.5) is 0 Å². The van der Waals surface area contributed by atoms with Gasteiger partial charge in [0.1, 0.15) is 6.07 Å². The second kappa shape index (κ2) is 13.2. The van der Waals surface area contributed by atoms with Gasteiger partial charge in [-0.3, -0.25) is 0 Å². The summed E-state index contributed by atoms with van der Waals surface area (Å²) in [5, 5.41) is 32.8. The molecule has 8 rings (SSSR count). The van der Waals surface area contributed by atoms with E-state index in [1.165, 1.54) is 39.0 Å². The molecular weight excluding hydrogens is 623 g/mol. The van der Waals surface area contributed by atoms with Gasteiger partial charge in [-0.15, -0.1) is 0 Å². The molecule has 1 aliphatic carbocycles. The van der Waals surface area contributed by atoms with Crippen LogP contribution in [0.2, 0.25) is 0 Å². The van der Waals surface area contributed by atoms with E-state index in [1.54, 1.807) is 12.1 Å². The Kier molecular flexibility index (Phi) is 8.13. The number of hydrogen-bond acceptors (Lipinski definition) is 3. The van der Waals surface area contributed by atoms with E-state index in [2.05, 4.69) is 114 Å². The fraction of sp³-hybridized carbons (Fsp3) is 0.109. The Morgan fingerprint density at radius 1 is 0.804 bits per heavy atom. The van der Waals surface area contributed by atoms with Crippen molar-refractivity contribution in [2.75, 3.05) is 0 Å². The van der Waals surface area contributed by atoms with E-state index in [4.69, 9.17) is 0 Å². The van der Waals surface area contributed by atoms with Crippen LogP contribution < -0.4 is 0 Å². The number of nitrogens with zero attached hydrogens (tertiary/aromatic N) is 5. The van der Waals surface area contributed by atoms with Gasteiger partial charge in [-0.25, -0.2) is 0 Å². The Labute approximate surface area is 297 Å². The zero-order chi connectivity index (χ0) is 34.9. The van der Waals surface area contributed by atoms with E-state index >= 15 is 0 Å². The summed E-state index contributed by atoms with van der Waals surface area (Å²) in [7, 11) is 0. The maximum absolute atomic E-state index is 10.1. The molecule has 242 valence electrons. The first kappa shape index (κ1) is 31.4. The van der Waals surface area contributed by atoms with Gasteiger partial charge in [0, 0.05) is 38.7 Å². The largest absolute Gasteiger partial charge is 0.312 e. The van der Waals surface area contributed by atoms with Gasteiger partial charge in [0.25, 0.3) is 0 Å². The second-order valence-electron chi connectivity index (χ2n) is 12.9. The lowest BCUT2D eigenvalue weighted by atomic mass is 9.99. The molecule has 5 heteroatoms. The van der Waals surface area contributed by atoms with Crippen molar-refractivity contribution in [2.45, 2.75) is 26.2 Å². The fourth-order valence-corrected chi connectivity index (χ4v) is 7.57. The predicted octanol–water partition coefficient (Wildman–Crippen LogP) is 10.9. The monoisotopic (exact) mass is 655 g/mol. The molecule has 0 spiro atoms. The van der Waals surface area contributed by atoms with Crippen LogP contribution in [0, 0.1) is 39.9 Å². The molecular formula is C46H33N5. The van der Waals surface area contributed by atoms with Crippen LogP contribution in [0.15, 0.2) is 133 Å². The van der Waals surface area contributed by atoms with E-state index in [0.717, 1.165) is 45.9 Å². The van der Waals surface area contributed by atoms with Crippen LogP contribution in [0.5, 0.6) is 0 Å². The van der Waals surface area contributed by atoms with Crippen molar-refractivity contribution in [2.24, 2.45) is 5.92 Å². The summed E-state index contributed by atoms with van der Waals surface area (Å²) in [4.78, 5) is 0. The van der Waals surface area contributed by atoms with E-state index in [1.807, 2.05) is 47.9 Å². The van der Waals surface area contributed by atoms with Gasteiger partial charge in [0.15, 0.2) is 0 Å². The Morgan fingerprint density at radius 3 is 2.49 bits per heavy atom. The summed E-state index contributed by atoms with van der Waals surface area (Å²) in [6.07, 6.45) is 13.4. The molecule has 0 aliphatic heterocycles. The van der Waals surface area contributed by atoms with Crippen LogP contribution in [0.1, 0.15) is 41.3 Å². The van der Waals surface area contributed by atoms with Crippen LogP contribution in [-0.4, -0.2) is 9.13 Å². The smallest absolute Gasteiger partial charge is 0.101 e. The number of fused-ring (bicyclic) bond motifs is 6. The number of aromatic nitrogens is 2. The Hall–Kier alpha value is -6.87. The molecule has 7 aromatic rings. The lowest BCUT2D eigenvalue weighted by Gasteiger charge is -2.17. The zero-order valence-electron chi connectivity index (χ0n) is 28.2. The first-order valence-electron chi connectivity index (χ1n) is 17.2. The summed E-state index contributed by atoms with van der Waals surface area (Å²) < 4.78 is 4.46. The summed E-state index contributed by atoms with van der Waals surface area (Å²) in [6.45, 7) is 1.87. The standard InChI is InChI=1S/C46H33N5/c1-31(28-47)41(51-45-25-24-33(29-48)27-40(45)39-19-11-15-35(30-49)46(39)51)20-6-2-12-32-13-10-14-34(26-32)36-16-3-7-21-42(36)50-43-22-8-4-17-37(43)38-18-5-9-23-44(38)50/h2-8,10-11,13-22,24-27,31H,9,12,23H2,1H3/b6-2-,41-20+/t31-/m1/s1. The van der Waals surface area contributed by atoms with Crippen molar-refractivity contribution < 1.29 is 0 Å². The van der Waals surface area contributed by atoms with Crippen LogP contribution in [-0.2, 0) is 12.8 Å². The molecule has 0 fully saturated rings. The average Bonchev–Trinajstić information content (AvgIpc) is 3.70. The molecule has 2 heterocycles. The molecule has 0 unspecified atom stereocenters. The molecule has 0 N–H and O–H groups in total. The van der Waals surface area contributed by atoms with Gasteiger partial charge in [0.2, 0.25) is 0 Å². The summed E-state index contributed by atoms with van der Waals surface area (Å²) in [6, 6.07) is 44.2. The lowest BCUT2D eigenvalue weighted by molar-refractivity contribution is 0.889. The number of benzene rings is 5. The summed E-state index contributed by atoms with van der Waals surface area (Å²) in [5.41, 5.74) is 12.0. The third-order valence-electron chi connectivity index (χ3n) is 9.92. The Morgan fingerprint density at radius 2 is 1.63 bits per heavy atom. The molecule has 5 nitrogen and oxygen atoms in total. The molecule has 5 aromatic carbocycles. The molecule has 0 amide bonds. The Balaban J connectivity index is 1.16.